The number of hydrogen-bond donors (Lipinski definition) is 1. The molecule has 1 N–H and O–H groups in total. The molecule has 1 aromatic rings. The minimum atomic E-state index is -0.876. The van der Waals surface area contributed by atoms with E-state index in [1.54, 1.807) is 0 Å². The van der Waals surface area contributed by atoms with Crippen molar-refractivity contribution in [3.63, 3.8) is 0 Å². The normalized spacial score (nSPS) is 21.4. The van der Waals surface area contributed by atoms with E-state index in [0.717, 1.165) is 13.0 Å². The maximum absolute atomic E-state index is 10.6. The molecule has 0 spiro atoms. The van der Waals surface area contributed by atoms with Crippen LogP contribution >= 0.6 is 0 Å². The predicted molar refractivity (Wildman–Crippen MR) is 66.3 cm³/mol. The van der Waals surface area contributed by atoms with Crippen molar-refractivity contribution in [2.24, 2.45) is 0 Å². The fourth-order valence-electron chi connectivity index (χ4n) is 2.55. The lowest BCUT2D eigenvalue weighted by Crippen LogP contribution is -2.38. The zero-order valence-corrected chi connectivity index (χ0v) is 10.9. The molecular formula is C13H20N2O3. The third kappa shape index (κ3) is 2.90. The Morgan fingerprint density at radius 1 is 1.61 bits per heavy atom. The second-order valence-corrected chi connectivity index (χ2v) is 5.09. The number of carboxylic acids is 1. The van der Waals surface area contributed by atoms with Gasteiger partial charge in [-0.15, -0.1) is 0 Å². The minimum Gasteiger partial charge on any atom is -0.481 e. The van der Waals surface area contributed by atoms with Gasteiger partial charge in [0.25, 0.3) is 0 Å². The number of rotatable bonds is 4. The van der Waals surface area contributed by atoms with Crippen LogP contribution in [0.5, 0.6) is 0 Å². The smallest absolute Gasteiger partial charge is 0.309 e. The van der Waals surface area contributed by atoms with Gasteiger partial charge >= 0.3 is 5.97 Å². The van der Waals surface area contributed by atoms with Crippen molar-refractivity contribution in [3.05, 3.63) is 17.8 Å². The highest BCUT2D eigenvalue weighted by atomic mass is 16.4. The molecule has 1 aromatic heterocycles. The molecule has 0 aliphatic carbocycles. The van der Waals surface area contributed by atoms with E-state index in [-0.39, 0.29) is 12.5 Å². The fourth-order valence-corrected chi connectivity index (χ4v) is 2.55. The number of nitrogens with zero attached hydrogens (tertiary/aromatic N) is 2. The van der Waals surface area contributed by atoms with Crippen LogP contribution in [0, 0.1) is 0 Å². The third-order valence-electron chi connectivity index (χ3n) is 3.39. The molecule has 0 amide bonds. The Hall–Kier alpha value is -1.36. The summed E-state index contributed by atoms with van der Waals surface area (Å²) in [7, 11) is 0. The van der Waals surface area contributed by atoms with Gasteiger partial charge in [-0.05, 0) is 33.2 Å². The molecule has 0 radical (unpaired) electrons. The molecule has 0 saturated carbocycles. The second kappa shape index (κ2) is 5.52. The van der Waals surface area contributed by atoms with Crippen LogP contribution in [0.2, 0.25) is 0 Å². The van der Waals surface area contributed by atoms with Crippen LogP contribution in [0.4, 0.5) is 0 Å². The van der Waals surface area contributed by atoms with Crippen LogP contribution in [-0.4, -0.2) is 33.5 Å². The van der Waals surface area contributed by atoms with Gasteiger partial charge < -0.3 is 9.52 Å². The Balaban J connectivity index is 2.13. The van der Waals surface area contributed by atoms with E-state index >= 15 is 0 Å². The summed E-state index contributed by atoms with van der Waals surface area (Å²) < 4.78 is 5.47. The molecule has 18 heavy (non-hydrogen) atoms. The predicted octanol–water partition coefficient (Wildman–Crippen LogP) is 2.24. The maximum atomic E-state index is 10.6. The maximum Gasteiger partial charge on any atom is 0.309 e. The first-order valence-corrected chi connectivity index (χ1v) is 6.49. The van der Waals surface area contributed by atoms with Gasteiger partial charge in [-0.1, -0.05) is 6.42 Å². The Morgan fingerprint density at radius 3 is 3.06 bits per heavy atom. The molecular weight excluding hydrogens is 232 g/mol. The number of piperidine rings is 1. The Bertz CT molecular complexity index is 414. The van der Waals surface area contributed by atoms with Crippen molar-refractivity contribution < 1.29 is 14.3 Å². The van der Waals surface area contributed by atoms with Crippen LogP contribution in [-0.2, 0) is 11.2 Å². The van der Waals surface area contributed by atoms with Gasteiger partial charge in [0.05, 0.1) is 18.2 Å². The standard InChI is InChI=1S/C13H20N2O3/c1-9(2)15-6-4-3-5-11(15)13-14-10(8-18-13)7-12(16)17/h8-9,11H,3-7H2,1-2H3,(H,16,17). The summed E-state index contributed by atoms with van der Waals surface area (Å²) in [6, 6.07) is 0.645. The summed E-state index contributed by atoms with van der Waals surface area (Å²) in [5, 5.41) is 8.73. The zero-order chi connectivity index (χ0) is 13.1. The lowest BCUT2D eigenvalue weighted by Gasteiger charge is -2.36. The van der Waals surface area contributed by atoms with Gasteiger partial charge in [-0.3, -0.25) is 9.69 Å². The van der Waals surface area contributed by atoms with E-state index in [1.165, 1.54) is 19.1 Å². The molecule has 0 bridgehead atoms. The molecule has 1 aliphatic rings. The highest BCUT2D eigenvalue weighted by molar-refractivity contribution is 5.69. The van der Waals surface area contributed by atoms with Crippen molar-refractivity contribution >= 4 is 5.97 Å². The van der Waals surface area contributed by atoms with Gasteiger partial charge in [0.15, 0.2) is 0 Å². The van der Waals surface area contributed by atoms with Crippen molar-refractivity contribution in [2.75, 3.05) is 6.54 Å². The summed E-state index contributed by atoms with van der Waals surface area (Å²) >= 11 is 0. The van der Waals surface area contributed by atoms with Crippen LogP contribution < -0.4 is 0 Å². The van der Waals surface area contributed by atoms with E-state index in [0.29, 0.717) is 17.6 Å². The average molecular weight is 252 g/mol. The molecule has 1 atom stereocenters. The van der Waals surface area contributed by atoms with Crippen molar-refractivity contribution in [3.8, 4) is 0 Å². The SMILES string of the molecule is CC(C)N1CCCCC1c1nc(CC(=O)O)co1. The average Bonchev–Trinajstić information content (AvgIpc) is 2.76. The van der Waals surface area contributed by atoms with E-state index in [9.17, 15) is 4.79 Å². The molecule has 100 valence electrons. The molecule has 1 unspecified atom stereocenters. The number of aliphatic carboxylic acids is 1. The number of carbonyl (C=O) groups is 1. The van der Waals surface area contributed by atoms with Crippen molar-refractivity contribution in [2.45, 2.75) is 51.6 Å². The molecule has 5 nitrogen and oxygen atoms in total. The number of carboxylic acid groups (broad SMARTS) is 1. The van der Waals surface area contributed by atoms with E-state index in [1.807, 2.05) is 0 Å². The van der Waals surface area contributed by atoms with E-state index in [2.05, 4.69) is 23.7 Å². The summed E-state index contributed by atoms with van der Waals surface area (Å²) in [5.41, 5.74) is 0.506. The summed E-state index contributed by atoms with van der Waals surface area (Å²) in [6.45, 7) is 5.39. The van der Waals surface area contributed by atoms with Gasteiger partial charge in [-0.25, -0.2) is 4.98 Å². The van der Waals surface area contributed by atoms with E-state index in [4.69, 9.17) is 9.52 Å². The van der Waals surface area contributed by atoms with Gasteiger partial charge in [-0.2, -0.15) is 0 Å². The Morgan fingerprint density at radius 2 is 2.39 bits per heavy atom. The monoisotopic (exact) mass is 252 g/mol. The highest BCUT2D eigenvalue weighted by Crippen LogP contribution is 2.31. The molecule has 1 fully saturated rings. The first kappa shape index (κ1) is 13.1. The fraction of sp³-hybridized carbons (Fsp3) is 0.692. The summed E-state index contributed by atoms with van der Waals surface area (Å²) in [5.74, 6) is -0.209. The quantitative estimate of drug-likeness (QED) is 0.890. The van der Waals surface area contributed by atoms with Gasteiger partial charge in [0.1, 0.15) is 6.26 Å². The number of likely N-dealkylation sites (tertiary alicyclic amines) is 1. The molecule has 2 heterocycles. The molecule has 5 heteroatoms. The lowest BCUT2D eigenvalue weighted by molar-refractivity contribution is -0.136. The van der Waals surface area contributed by atoms with Crippen LogP contribution in [0.15, 0.2) is 10.7 Å². The second-order valence-electron chi connectivity index (χ2n) is 5.09. The minimum absolute atomic E-state index is 0.0715. The molecule has 2 rings (SSSR count). The van der Waals surface area contributed by atoms with E-state index < -0.39 is 5.97 Å². The highest BCUT2D eigenvalue weighted by Gasteiger charge is 2.29. The third-order valence-corrected chi connectivity index (χ3v) is 3.39. The number of oxazole rings is 1. The summed E-state index contributed by atoms with van der Waals surface area (Å²) in [4.78, 5) is 17.3. The number of aromatic nitrogens is 1. The first-order chi connectivity index (χ1) is 8.58. The van der Waals surface area contributed by atoms with Crippen molar-refractivity contribution in [1.29, 1.82) is 0 Å². The topological polar surface area (TPSA) is 66.6 Å². The zero-order valence-electron chi connectivity index (χ0n) is 10.9. The van der Waals surface area contributed by atoms with Crippen molar-refractivity contribution in [1.82, 2.24) is 9.88 Å². The Kier molecular flexibility index (Phi) is 4.01. The number of hydrogen-bond acceptors (Lipinski definition) is 4. The molecule has 1 saturated heterocycles. The summed E-state index contributed by atoms with van der Waals surface area (Å²) in [6.07, 6.45) is 4.81. The first-order valence-electron chi connectivity index (χ1n) is 6.49. The van der Waals surface area contributed by atoms with Crippen LogP contribution in [0.1, 0.15) is 50.7 Å². The largest absolute Gasteiger partial charge is 0.481 e. The van der Waals surface area contributed by atoms with Crippen LogP contribution in [0.25, 0.3) is 0 Å². The van der Waals surface area contributed by atoms with Crippen LogP contribution in [0.3, 0.4) is 0 Å². The van der Waals surface area contributed by atoms with Gasteiger partial charge in [0.2, 0.25) is 5.89 Å². The molecule has 1 aliphatic heterocycles. The van der Waals surface area contributed by atoms with Gasteiger partial charge in [0, 0.05) is 6.04 Å². The molecule has 0 aromatic carbocycles. The lowest BCUT2D eigenvalue weighted by atomic mass is 10.0. The Labute approximate surface area is 107 Å².